The van der Waals surface area contributed by atoms with E-state index in [1.54, 1.807) is 20.8 Å². The van der Waals surface area contributed by atoms with Crippen LogP contribution < -0.4 is 21.0 Å². The number of alkyl carbamates (subject to hydrolysis) is 1. The van der Waals surface area contributed by atoms with E-state index < -0.39 is 54.0 Å². The number of ether oxygens (including phenoxy) is 3. The molecule has 40 heavy (non-hydrogen) atoms. The Labute approximate surface area is 228 Å². The Morgan fingerprint density at radius 3 is 2.40 bits per heavy atom. The Hall–Kier alpha value is -3.72. The fraction of sp³-hybridized carbons (Fsp3) is 0.538. The van der Waals surface area contributed by atoms with Gasteiger partial charge in [-0.25, -0.2) is 14.4 Å². The van der Waals surface area contributed by atoms with E-state index in [1.807, 2.05) is 0 Å². The van der Waals surface area contributed by atoms with Gasteiger partial charge in [-0.15, -0.1) is 0 Å². The van der Waals surface area contributed by atoms with Gasteiger partial charge in [0.2, 0.25) is 12.2 Å². The summed E-state index contributed by atoms with van der Waals surface area (Å²) >= 11 is 0. The lowest BCUT2D eigenvalue weighted by Crippen LogP contribution is -2.61. The minimum atomic E-state index is -1.87. The highest BCUT2D eigenvalue weighted by molar-refractivity contribution is 5.82. The van der Waals surface area contributed by atoms with Crippen molar-refractivity contribution >= 4 is 28.9 Å². The normalized spacial score (nSPS) is 22.9. The highest BCUT2D eigenvalue weighted by atomic mass is 16.7. The molecule has 1 aromatic carbocycles. The molecule has 14 nitrogen and oxygen atoms in total. The van der Waals surface area contributed by atoms with E-state index in [-0.39, 0.29) is 30.2 Å². The highest BCUT2D eigenvalue weighted by Crippen LogP contribution is 2.27. The summed E-state index contributed by atoms with van der Waals surface area (Å²) in [5.74, 6) is -1.79. The van der Waals surface area contributed by atoms with Crippen LogP contribution in [-0.4, -0.2) is 81.2 Å². The van der Waals surface area contributed by atoms with Crippen LogP contribution in [0.2, 0.25) is 0 Å². The summed E-state index contributed by atoms with van der Waals surface area (Å²) in [7, 11) is 0. The number of carboxylic acids is 1. The highest BCUT2D eigenvalue weighted by Gasteiger charge is 2.48. The molecule has 5 atom stereocenters. The van der Waals surface area contributed by atoms with Crippen LogP contribution in [0.5, 0.6) is 5.75 Å². The number of unbranched alkanes of at least 4 members (excludes halogenated alkanes) is 1. The third kappa shape index (κ3) is 8.39. The lowest BCUT2D eigenvalue weighted by atomic mass is 9.99. The van der Waals surface area contributed by atoms with Crippen LogP contribution in [0.1, 0.15) is 45.6 Å². The van der Waals surface area contributed by atoms with Crippen molar-refractivity contribution in [2.45, 2.75) is 82.9 Å². The van der Waals surface area contributed by atoms with Crippen molar-refractivity contribution in [3.8, 4) is 5.75 Å². The topological polar surface area (TPSA) is 214 Å². The number of carbonyl (C=O) groups is 3. The largest absolute Gasteiger partial charge is 0.479 e. The summed E-state index contributed by atoms with van der Waals surface area (Å²) in [6.45, 7) is 5.68. The fourth-order valence-corrected chi connectivity index (χ4v) is 3.91. The first kappa shape index (κ1) is 30.8. The molecule has 1 aliphatic heterocycles. The summed E-state index contributed by atoms with van der Waals surface area (Å²) in [6.07, 6.45) is -8.17. The van der Waals surface area contributed by atoms with Gasteiger partial charge >= 0.3 is 17.7 Å². The van der Waals surface area contributed by atoms with Crippen LogP contribution in [0.3, 0.4) is 0 Å². The molecule has 1 saturated heterocycles. The van der Waals surface area contributed by atoms with Gasteiger partial charge < -0.3 is 49.7 Å². The number of fused-ring (bicyclic) bond motifs is 1. The van der Waals surface area contributed by atoms with Crippen molar-refractivity contribution < 1.29 is 53.4 Å². The van der Waals surface area contributed by atoms with Crippen molar-refractivity contribution in [2.75, 3.05) is 6.54 Å². The van der Waals surface area contributed by atoms with E-state index in [9.17, 15) is 39.6 Å². The second kappa shape index (κ2) is 13.1. The first-order valence-corrected chi connectivity index (χ1v) is 12.6. The molecule has 2 amide bonds. The SMILES string of the molecule is CC(C)(C)OC(=O)NCCCCC(=O)NCc1cc(=O)oc2cc(OC3OC(C(=O)O)C(O)C(O)C3O)ccc12. The summed E-state index contributed by atoms with van der Waals surface area (Å²) < 4.78 is 20.9. The second-order valence-corrected chi connectivity index (χ2v) is 10.3. The Morgan fingerprint density at radius 2 is 1.73 bits per heavy atom. The molecule has 2 heterocycles. The smallest absolute Gasteiger partial charge is 0.407 e. The number of amides is 2. The van der Waals surface area contributed by atoms with Gasteiger partial charge in [-0.3, -0.25) is 4.79 Å². The van der Waals surface area contributed by atoms with Crippen LogP contribution in [0.4, 0.5) is 4.79 Å². The number of carbonyl (C=O) groups excluding carboxylic acids is 2. The van der Waals surface area contributed by atoms with Gasteiger partial charge in [0.25, 0.3) is 0 Å². The molecule has 0 aliphatic carbocycles. The Kier molecular flexibility index (Phi) is 10.1. The van der Waals surface area contributed by atoms with Gasteiger partial charge in [0.05, 0.1) is 0 Å². The first-order valence-electron chi connectivity index (χ1n) is 12.6. The van der Waals surface area contributed by atoms with E-state index in [2.05, 4.69) is 10.6 Å². The molecule has 5 unspecified atom stereocenters. The maximum atomic E-state index is 12.3. The molecule has 1 aromatic heterocycles. The van der Waals surface area contributed by atoms with Crippen LogP contribution >= 0.6 is 0 Å². The first-order chi connectivity index (χ1) is 18.7. The number of benzene rings is 1. The average molecular weight is 567 g/mol. The Morgan fingerprint density at radius 1 is 1.00 bits per heavy atom. The Balaban J connectivity index is 1.56. The van der Waals surface area contributed by atoms with Gasteiger partial charge in [-0.2, -0.15) is 0 Å². The summed E-state index contributed by atoms with van der Waals surface area (Å²) in [6, 6.07) is 5.52. The molecule has 6 N–H and O–H groups in total. The van der Waals surface area contributed by atoms with Gasteiger partial charge in [-0.05, 0) is 51.3 Å². The summed E-state index contributed by atoms with van der Waals surface area (Å²) in [5, 5.41) is 45.0. The average Bonchev–Trinajstić information content (AvgIpc) is 2.85. The van der Waals surface area contributed by atoms with E-state index in [0.29, 0.717) is 30.3 Å². The van der Waals surface area contributed by atoms with E-state index in [1.165, 1.54) is 24.3 Å². The predicted octanol–water partition coefficient (Wildman–Crippen LogP) is 0.375. The van der Waals surface area contributed by atoms with Gasteiger partial charge in [0.15, 0.2) is 6.10 Å². The maximum absolute atomic E-state index is 12.3. The van der Waals surface area contributed by atoms with Gasteiger partial charge in [-0.1, -0.05) is 0 Å². The lowest BCUT2D eigenvalue weighted by molar-refractivity contribution is -0.271. The maximum Gasteiger partial charge on any atom is 0.407 e. The molecule has 14 heteroatoms. The minimum Gasteiger partial charge on any atom is -0.479 e. The number of nitrogens with one attached hydrogen (secondary N) is 2. The number of aliphatic hydroxyl groups excluding tert-OH is 3. The monoisotopic (exact) mass is 566 g/mol. The number of hydrogen-bond acceptors (Lipinski definition) is 11. The van der Waals surface area contributed by atoms with Crippen molar-refractivity contribution in [1.82, 2.24) is 10.6 Å². The number of aliphatic carboxylic acids is 1. The van der Waals surface area contributed by atoms with E-state index >= 15 is 0 Å². The molecule has 0 saturated carbocycles. The summed E-state index contributed by atoms with van der Waals surface area (Å²) in [4.78, 5) is 47.3. The molecule has 3 rings (SSSR count). The predicted molar refractivity (Wildman–Crippen MR) is 137 cm³/mol. The number of rotatable bonds is 10. The van der Waals surface area contributed by atoms with Crippen molar-refractivity contribution in [3.05, 3.63) is 40.2 Å². The van der Waals surface area contributed by atoms with Crippen molar-refractivity contribution in [1.29, 1.82) is 0 Å². The second-order valence-electron chi connectivity index (χ2n) is 10.3. The Bertz CT molecular complexity index is 1270. The molecular formula is C26H34N2O12. The third-order valence-electron chi connectivity index (χ3n) is 5.84. The lowest BCUT2D eigenvalue weighted by Gasteiger charge is -2.38. The quantitative estimate of drug-likeness (QED) is 0.170. The number of hydrogen-bond donors (Lipinski definition) is 6. The van der Waals surface area contributed by atoms with E-state index in [0.717, 1.165) is 0 Å². The molecule has 1 fully saturated rings. The van der Waals surface area contributed by atoms with Crippen LogP contribution in [0.15, 0.2) is 33.5 Å². The zero-order chi connectivity index (χ0) is 29.6. The third-order valence-corrected chi connectivity index (χ3v) is 5.84. The van der Waals surface area contributed by atoms with Gasteiger partial charge in [0.1, 0.15) is 35.2 Å². The molecule has 2 aromatic rings. The number of carboxylic acid groups (broad SMARTS) is 1. The fourth-order valence-electron chi connectivity index (χ4n) is 3.91. The molecule has 0 radical (unpaired) electrons. The molecule has 0 bridgehead atoms. The minimum absolute atomic E-state index is 0.0219. The van der Waals surface area contributed by atoms with Gasteiger partial charge in [0, 0.05) is 37.0 Å². The van der Waals surface area contributed by atoms with Crippen LogP contribution in [-0.2, 0) is 25.6 Å². The zero-order valence-corrected chi connectivity index (χ0v) is 22.3. The molecule has 1 aliphatic rings. The number of aliphatic hydroxyl groups is 3. The molecular weight excluding hydrogens is 532 g/mol. The zero-order valence-electron chi connectivity index (χ0n) is 22.3. The van der Waals surface area contributed by atoms with Crippen molar-refractivity contribution in [2.24, 2.45) is 0 Å². The molecule has 220 valence electrons. The van der Waals surface area contributed by atoms with Crippen LogP contribution in [0, 0.1) is 0 Å². The molecule has 0 spiro atoms. The standard InChI is InChI=1S/C26H34N2O12/c1-26(2,3)40-25(36)27-9-5-4-6-17(29)28-12-13-10-18(30)38-16-11-14(7-8-15(13)16)37-24-21(33)19(31)20(32)22(39-24)23(34)35/h7-8,10-11,19-22,24,31-33H,4-6,9,12H2,1-3H3,(H,27,36)(H,28,29)(H,34,35). The summed E-state index contributed by atoms with van der Waals surface area (Å²) in [5.41, 5.74) is -0.733. The van der Waals surface area contributed by atoms with E-state index in [4.69, 9.17) is 18.6 Å². The van der Waals surface area contributed by atoms with Crippen LogP contribution in [0.25, 0.3) is 11.0 Å². The van der Waals surface area contributed by atoms with Crippen molar-refractivity contribution in [3.63, 3.8) is 0 Å².